The highest BCUT2D eigenvalue weighted by Gasteiger charge is 2.29. The SMILES string of the molecule is CC(=O)c1ccc(S(=O)(=O)Nc2cc(N3CCCS3(=O)=O)ccc2C)cc1. The summed E-state index contributed by atoms with van der Waals surface area (Å²) in [7, 11) is -7.23. The molecule has 0 bridgehead atoms. The molecule has 7 nitrogen and oxygen atoms in total. The Morgan fingerprint density at radius 1 is 1.11 bits per heavy atom. The first-order valence-electron chi connectivity index (χ1n) is 8.35. The van der Waals surface area contributed by atoms with Crippen LogP contribution in [0, 0.1) is 6.92 Å². The first-order chi connectivity index (χ1) is 12.6. The van der Waals surface area contributed by atoms with E-state index in [1.807, 2.05) is 0 Å². The van der Waals surface area contributed by atoms with Gasteiger partial charge in [0.15, 0.2) is 5.78 Å². The quantitative estimate of drug-likeness (QED) is 0.766. The molecule has 144 valence electrons. The maximum Gasteiger partial charge on any atom is 0.261 e. The number of sulfonamides is 2. The summed E-state index contributed by atoms with van der Waals surface area (Å²) >= 11 is 0. The van der Waals surface area contributed by atoms with Gasteiger partial charge in [0.1, 0.15) is 0 Å². The van der Waals surface area contributed by atoms with Crippen molar-refractivity contribution in [1.82, 2.24) is 0 Å². The summed E-state index contributed by atoms with van der Waals surface area (Å²) in [6.45, 7) is 3.52. The second kappa shape index (κ2) is 6.97. The number of carbonyl (C=O) groups is 1. The summed E-state index contributed by atoms with van der Waals surface area (Å²) in [5, 5.41) is 0. The largest absolute Gasteiger partial charge is 0.295 e. The number of aryl methyl sites for hydroxylation is 1. The van der Waals surface area contributed by atoms with Crippen LogP contribution in [0.2, 0.25) is 0 Å². The van der Waals surface area contributed by atoms with Crippen molar-refractivity contribution in [2.45, 2.75) is 25.2 Å². The summed E-state index contributed by atoms with van der Waals surface area (Å²) in [6.07, 6.45) is 0.541. The van der Waals surface area contributed by atoms with Crippen LogP contribution in [0.15, 0.2) is 47.4 Å². The maximum atomic E-state index is 12.7. The van der Waals surface area contributed by atoms with Gasteiger partial charge in [0, 0.05) is 12.1 Å². The van der Waals surface area contributed by atoms with E-state index in [1.165, 1.54) is 41.6 Å². The third-order valence-electron chi connectivity index (χ3n) is 4.42. The highest BCUT2D eigenvalue weighted by atomic mass is 32.2. The second-order valence-electron chi connectivity index (χ2n) is 6.43. The molecular weight excluding hydrogens is 388 g/mol. The van der Waals surface area contributed by atoms with Crippen molar-refractivity contribution in [3.05, 3.63) is 53.6 Å². The molecule has 2 aromatic rings. The number of nitrogens with one attached hydrogen (secondary N) is 1. The summed E-state index contributed by atoms with van der Waals surface area (Å²) in [5.41, 5.74) is 1.83. The predicted molar refractivity (Wildman–Crippen MR) is 104 cm³/mol. The second-order valence-corrected chi connectivity index (χ2v) is 10.1. The van der Waals surface area contributed by atoms with Crippen LogP contribution < -0.4 is 9.03 Å². The fraction of sp³-hybridized carbons (Fsp3) is 0.278. The van der Waals surface area contributed by atoms with Gasteiger partial charge in [0.05, 0.1) is 22.0 Å². The van der Waals surface area contributed by atoms with E-state index in [4.69, 9.17) is 0 Å². The van der Waals surface area contributed by atoms with Crippen LogP contribution in [0.1, 0.15) is 29.3 Å². The minimum atomic E-state index is -3.88. The minimum absolute atomic E-state index is 0.0195. The molecule has 2 aromatic carbocycles. The molecule has 0 spiro atoms. The van der Waals surface area contributed by atoms with E-state index in [0.29, 0.717) is 35.5 Å². The Bertz CT molecular complexity index is 1090. The third kappa shape index (κ3) is 3.98. The molecule has 0 aliphatic carbocycles. The molecule has 0 saturated carbocycles. The maximum absolute atomic E-state index is 12.7. The molecule has 0 atom stereocenters. The van der Waals surface area contributed by atoms with Gasteiger partial charge in [-0.1, -0.05) is 18.2 Å². The number of carbonyl (C=O) groups excluding carboxylic acids is 1. The van der Waals surface area contributed by atoms with Crippen LogP contribution in [0.3, 0.4) is 0 Å². The monoisotopic (exact) mass is 408 g/mol. The van der Waals surface area contributed by atoms with Crippen LogP contribution in [0.25, 0.3) is 0 Å². The number of anilines is 2. The Kier molecular flexibility index (Phi) is 5.00. The summed E-state index contributed by atoms with van der Waals surface area (Å²) in [6, 6.07) is 10.5. The molecule has 1 fully saturated rings. The number of benzene rings is 2. The molecule has 9 heteroatoms. The molecule has 0 aromatic heterocycles. The van der Waals surface area contributed by atoms with Gasteiger partial charge in [-0.3, -0.25) is 13.8 Å². The summed E-state index contributed by atoms with van der Waals surface area (Å²) in [4.78, 5) is 11.4. The Hall–Kier alpha value is -2.39. The van der Waals surface area contributed by atoms with Crippen molar-refractivity contribution in [3.63, 3.8) is 0 Å². The Morgan fingerprint density at radius 3 is 2.33 bits per heavy atom. The number of rotatable bonds is 5. The van der Waals surface area contributed by atoms with Crippen LogP contribution in [0.5, 0.6) is 0 Å². The lowest BCUT2D eigenvalue weighted by atomic mass is 10.2. The van der Waals surface area contributed by atoms with Crippen LogP contribution in [0.4, 0.5) is 11.4 Å². The fourth-order valence-corrected chi connectivity index (χ4v) is 5.56. The Morgan fingerprint density at radius 2 is 1.78 bits per heavy atom. The first-order valence-corrected chi connectivity index (χ1v) is 11.4. The van der Waals surface area contributed by atoms with Crippen molar-refractivity contribution in [3.8, 4) is 0 Å². The lowest BCUT2D eigenvalue weighted by molar-refractivity contribution is 0.101. The fourth-order valence-electron chi connectivity index (χ4n) is 2.88. The van der Waals surface area contributed by atoms with Crippen LogP contribution in [-0.2, 0) is 20.0 Å². The highest BCUT2D eigenvalue weighted by Crippen LogP contribution is 2.29. The van der Waals surface area contributed by atoms with E-state index in [1.54, 1.807) is 19.1 Å². The van der Waals surface area contributed by atoms with E-state index in [9.17, 15) is 21.6 Å². The van der Waals surface area contributed by atoms with Crippen LogP contribution in [-0.4, -0.2) is 34.9 Å². The van der Waals surface area contributed by atoms with Crippen molar-refractivity contribution in [2.75, 3.05) is 21.3 Å². The smallest absolute Gasteiger partial charge is 0.261 e. The van der Waals surface area contributed by atoms with Gasteiger partial charge in [-0.05, 0) is 50.1 Å². The summed E-state index contributed by atoms with van der Waals surface area (Å²) in [5.74, 6) is -0.0629. The molecule has 27 heavy (non-hydrogen) atoms. The van der Waals surface area contributed by atoms with E-state index < -0.39 is 20.0 Å². The van der Waals surface area contributed by atoms with Crippen molar-refractivity contribution in [2.24, 2.45) is 0 Å². The van der Waals surface area contributed by atoms with Gasteiger partial charge in [0.25, 0.3) is 10.0 Å². The molecular formula is C18H20N2O5S2. The number of ketones is 1. The van der Waals surface area contributed by atoms with E-state index in [2.05, 4.69) is 4.72 Å². The molecule has 0 radical (unpaired) electrons. The zero-order chi connectivity index (χ0) is 19.8. The van der Waals surface area contributed by atoms with Crippen LogP contribution >= 0.6 is 0 Å². The lowest BCUT2D eigenvalue weighted by Crippen LogP contribution is -2.25. The van der Waals surface area contributed by atoms with Gasteiger partial charge in [-0.15, -0.1) is 0 Å². The average molecular weight is 409 g/mol. The first kappa shape index (κ1) is 19.4. The highest BCUT2D eigenvalue weighted by molar-refractivity contribution is 7.93. The van der Waals surface area contributed by atoms with Gasteiger partial charge in [-0.2, -0.15) is 0 Å². The zero-order valence-corrected chi connectivity index (χ0v) is 16.6. The van der Waals surface area contributed by atoms with E-state index >= 15 is 0 Å². The Labute approximate surface area is 159 Å². The van der Waals surface area contributed by atoms with Gasteiger partial charge in [0.2, 0.25) is 10.0 Å². The van der Waals surface area contributed by atoms with Crippen molar-refractivity contribution in [1.29, 1.82) is 0 Å². The summed E-state index contributed by atoms with van der Waals surface area (Å²) < 4.78 is 53.4. The number of hydrogen-bond acceptors (Lipinski definition) is 5. The van der Waals surface area contributed by atoms with Crippen molar-refractivity contribution < 1.29 is 21.6 Å². The molecule has 3 rings (SSSR count). The number of Topliss-reactive ketones (excluding diaryl/α,β-unsaturated/α-hetero) is 1. The van der Waals surface area contributed by atoms with E-state index in [0.717, 1.165) is 0 Å². The number of nitrogens with zero attached hydrogens (tertiary/aromatic N) is 1. The molecule has 1 aliphatic heterocycles. The molecule has 1 saturated heterocycles. The van der Waals surface area contributed by atoms with Gasteiger partial charge in [-0.25, -0.2) is 16.8 Å². The molecule has 1 N–H and O–H groups in total. The molecule has 1 aliphatic rings. The molecule has 1 heterocycles. The predicted octanol–water partition coefficient (Wildman–Crippen LogP) is 2.54. The van der Waals surface area contributed by atoms with Gasteiger partial charge >= 0.3 is 0 Å². The average Bonchev–Trinajstić information content (AvgIpc) is 2.96. The zero-order valence-electron chi connectivity index (χ0n) is 15.0. The lowest BCUT2D eigenvalue weighted by Gasteiger charge is -2.19. The third-order valence-corrected chi connectivity index (χ3v) is 7.67. The molecule has 0 unspecified atom stereocenters. The Balaban J connectivity index is 1.92. The normalized spacial score (nSPS) is 16.3. The van der Waals surface area contributed by atoms with Crippen molar-refractivity contribution >= 4 is 37.2 Å². The minimum Gasteiger partial charge on any atom is -0.295 e. The molecule has 0 amide bonds. The topological polar surface area (TPSA) is 101 Å². The van der Waals surface area contributed by atoms with E-state index in [-0.39, 0.29) is 16.4 Å². The standard InChI is InChI=1S/C18H20N2O5S2/c1-13-4-7-16(20-10-3-11-26(20,22)23)12-18(13)19-27(24,25)17-8-5-15(6-9-17)14(2)21/h4-9,12,19H,3,10-11H2,1-2H3. The van der Waals surface area contributed by atoms with Gasteiger partial charge < -0.3 is 0 Å². The number of hydrogen-bond donors (Lipinski definition) is 1.